The molecule has 3 aromatic rings. The molecule has 0 radical (unpaired) electrons. The van der Waals surface area contributed by atoms with E-state index in [1.807, 2.05) is 7.05 Å². The van der Waals surface area contributed by atoms with Gasteiger partial charge in [0.1, 0.15) is 5.82 Å². The van der Waals surface area contributed by atoms with E-state index in [0.717, 1.165) is 0 Å². The van der Waals surface area contributed by atoms with Gasteiger partial charge < -0.3 is 15.1 Å². The highest BCUT2D eigenvalue weighted by atomic mass is 19.1. The molecule has 4 rings (SSSR count). The van der Waals surface area contributed by atoms with Gasteiger partial charge in [-0.05, 0) is 36.9 Å². The Morgan fingerprint density at radius 1 is 1.19 bits per heavy atom. The van der Waals surface area contributed by atoms with Gasteiger partial charge in [-0.3, -0.25) is 14.1 Å². The Morgan fingerprint density at radius 3 is 2.75 bits per heavy atom. The van der Waals surface area contributed by atoms with Gasteiger partial charge in [0.15, 0.2) is 11.5 Å². The topological polar surface area (TPSA) is 86.1 Å². The monoisotopic (exact) mass is 439 g/mol. The fourth-order valence-electron chi connectivity index (χ4n) is 3.81. The average Bonchev–Trinajstić information content (AvgIpc) is 3.20. The number of aromatic nitrogens is 3. The molecular formula is C22H26FN7O2. The Balaban J connectivity index is 1.55. The van der Waals surface area contributed by atoms with Crippen molar-refractivity contribution in [3.63, 3.8) is 0 Å². The molecule has 3 heterocycles. The van der Waals surface area contributed by atoms with Crippen molar-refractivity contribution >= 4 is 17.6 Å². The summed E-state index contributed by atoms with van der Waals surface area (Å²) in [6.45, 7) is 2.03. The third-order valence-corrected chi connectivity index (χ3v) is 5.63. The van der Waals surface area contributed by atoms with Crippen LogP contribution in [0.3, 0.4) is 0 Å². The molecule has 0 bridgehead atoms. The van der Waals surface area contributed by atoms with E-state index in [-0.39, 0.29) is 30.3 Å². The first-order chi connectivity index (χ1) is 15.3. The molecule has 1 fully saturated rings. The molecule has 3 amide bonds. The van der Waals surface area contributed by atoms with Crippen LogP contribution < -0.4 is 5.32 Å². The number of amides is 3. The molecule has 1 aliphatic heterocycles. The van der Waals surface area contributed by atoms with Crippen LogP contribution in [0.15, 0.2) is 42.6 Å². The lowest BCUT2D eigenvalue weighted by Crippen LogP contribution is -2.52. The Morgan fingerprint density at radius 2 is 2.00 bits per heavy atom. The molecule has 0 aliphatic carbocycles. The summed E-state index contributed by atoms with van der Waals surface area (Å²) in [7, 11) is 5.45. The molecule has 9 nitrogen and oxygen atoms in total. The number of carbonyl (C=O) groups excluding carboxylic acids is 2. The Labute approximate surface area is 185 Å². The number of urea groups is 1. The largest absolute Gasteiger partial charge is 0.348 e. The van der Waals surface area contributed by atoms with Crippen molar-refractivity contribution in [3.05, 3.63) is 65.4 Å². The summed E-state index contributed by atoms with van der Waals surface area (Å²) < 4.78 is 15.2. The molecule has 0 unspecified atom stereocenters. The van der Waals surface area contributed by atoms with E-state index in [4.69, 9.17) is 0 Å². The van der Waals surface area contributed by atoms with Crippen molar-refractivity contribution in [3.8, 4) is 0 Å². The van der Waals surface area contributed by atoms with Gasteiger partial charge in [-0.2, -0.15) is 0 Å². The highest BCUT2D eigenvalue weighted by Gasteiger charge is 2.32. The minimum absolute atomic E-state index is 0.0469. The molecular weight excluding hydrogens is 413 g/mol. The van der Waals surface area contributed by atoms with E-state index in [1.54, 1.807) is 58.8 Å². The number of rotatable bonds is 4. The van der Waals surface area contributed by atoms with Crippen molar-refractivity contribution in [2.75, 3.05) is 40.8 Å². The van der Waals surface area contributed by atoms with Gasteiger partial charge >= 0.3 is 6.03 Å². The molecule has 1 aromatic carbocycles. The second-order valence-electron chi connectivity index (χ2n) is 8.14. The summed E-state index contributed by atoms with van der Waals surface area (Å²) >= 11 is 0. The number of fused-ring (bicyclic) bond motifs is 1. The first kappa shape index (κ1) is 21.7. The summed E-state index contributed by atoms with van der Waals surface area (Å²) in [5, 5.41) is 11.4. The fraction of sp³-hybridized carbons (Fsp3) is 0.364. The number of piperazine rings is 1. The Kier molecular flexibility index (Phi) is 6.04. The number of hydrogen-bond acceptors (Lipinski definition) is 5. The van der Waals surface area contributed by atoms with Crippen LogP contribution in [0.2, 0.25) is 0 Å². The van der Waals surface area contributed by atoms with Crippen molar-refractivity contribution < 1.29 is 14.0 Å². The van der Waals surface area contributed by atoms with E-state index in [0.29, 0.717) is 42.2 Å². The Hall–Kier alpha value is -3.53. The lowest BCUT2D eigenvalue weighted by atomic mass is 10.1. The Bertz CT molecular complexity index is 1150. The second-order valence-corrected chi connectivity index (χ2v) is 8.14. The van der Waals surface area contributed by atoms with Gasteiger partial charge in [-0.25, -0.2) is 9.18 Å². The third-order valence-electron chi connectivity index (χ3n) is 5.63. The maximum absolute atomic E-state index is 13.4. The fourth-order valence-corrected chi connectivity index (χ4v) is 3.81. The van der Waals surface area contributed by atoms with Crippen LogP contribution in [0.1, 0.15) is 27.8 Å². The molecule has 32 heavy (non-hydrogen) atoms. The van der Waals surface area contributed by atoms with Crippen LogP contribution in [0.5, 0.6) is 0 Å². The predicted molar refractivity (Wildman–Crippen MR) is 117 cm³/mol. The lowest BCUT2D eigenvalue weighted by molar-refractivity contribution is 0.0932. The summed E-state index contributed by atoms with van der Waals surface area (Å²) in [6.07, 6.45) is 1.70. The van der Waals surface area contributed by atoms with Gasteiger partial charge in [0.25, 0.3) is 5.91 Å². The standard InChI is InChI=1S/C22H26FN7O2/c1-27(2)22(32)29-10-9-28(3)18(14-29)20-26-25-19-8-7-16(13-30(19)20)21(31)24-12-15-5-4-6-17(23)11-15/h4-8,11,13,18H,9-10,12,14H2,1-3H3,(H,24,31)/t18-/m0/s1. The summed E-state index contributed by atoms with van der Waals surface area (Å²) in [5.74, 6) is 0.0430. The number of halogens is 1. The molecule has 1 saturated heterocycles. The molecule has 10 heteroatoms. The normalized spacial score (nSPS) is 16.9. The van der Waals surface area contributed by atoms with Crippen LogP contribution in [0, 0.1) is 5.82 Å². The van der Waals surface area contributed by atoms with E-state index in [2.05, 4.69) is 20.4 Å². The second kappa shape index (κ2) is 8.91. The number of pyridine rings is 1. The quantitative estimate of drug-likeness (QED) is 0.670. The van der Waals surface area contributed by atoms with E-state index in [1.165, 1.54) is 12.1 Å². The number of hydrogen-bond donors (Lipinski definition) is 1. The van der Waals surface area contributed by atoms with Crippen LogP contribution in [0.25, 0.3) is 5.65 Å². The molecule has 1 N–H and O–H groups in total. The third kappa shape index (κ3) is 4.40. The molecule has 1 aliphatic rings. The maximum Gasteiger partial charge on any atom is 0.319 e. The van der Waals surface area contributed by atoms with Crippen molar-refractivity contribution in [2.45, 2.75) is 12.6 Å². The zero-order valence-corrected chi connectivity index (χ0v) is 18.3. The van der Waals surface area contributed by atoms with Crippen molar-refractivity contribution in [1.29, 1.82) is 0 Å². The smallest absolute Gasteiger partial charge is 0.319 e. The number of nitrogens with one attached hydrogen (secondary N) is 1. The van der Waals surface area contributed by atoms with Crippen molar-refractivity contribution in [1.82, 2.24) is 34.6 Å². The summed E-state index contributed by atoms with van der Waals surface area (Å²) in [5.41, 5.74) is 1.74. The average molecular weight is 439 g/mol. The first-order valence-electron chi connectivity index (χ1n) is 10.4. The molecule has 1 atom stereocenters. The van der Waals surface area contributed by atoms with Gasteiger partial charge in [0.05, 0.1) is 11.6 Å². The number of likely N-dealkylation sites (N-methyl/N-ethyl adjacent to an activating group) is 1. The van der Waals surface area contributed by atoms with Crippen LogP contribution in [-0.4, -0.2) is 82.0 Å². The van der Waals surface area contributed by atoms with Gasteiger partial charge in [0.2, 0.25) is 0 Å². The van der Waals surface area contributed by atoms with E-state index in [9.17, 15) is 14.0 Å². The van der Waals surface area contributed by atoms with E-state index < -0.39 is 0 Å². The lowest BCUT2D eigenvalue weighted by Gasteiger charge is -2.39. The first-order valence-corrected chi connectivity index (χ1v) is 10.4. The van der Waals surface area contributed by atoms with Gasteiger partial charge in [-0.15, -0.1) is 10.2 Å². The van der Waals surface area contributed by atoms with Crippen LogP contribution >= 0.6 is 0 Å². The zero-order valence-electron chi connectivity index (χ0n) is 18.3. The zero-order chi connectivity index (χ0) is 22.8. The summed E-state index contributed by atoms with van der Waals surface area (Å²) in [4.78, 5) is 30.6. The molecule has 2 aromatic heterocycles. The highest BCUT2D eigenvalue weighted by Crippen LogP contribution is 2.24. The van der Waals surface area contributed by atoms with Crippen molar-refractivity contribution in [2.24, 2.45) is 0 Å². The van der Waals surface area contributed by atoms with E-state index >= 15 is 0 Å². The summed E-state index contributed by atoms with van der Waals surface area (Å²) in [6, 6.07) is 9.33. The molecule has 168 valence electrons. The molecule has 0 saturated carbocycles. The van der Waals surface area contributed by atoms with Crippen LogP contribution in [0.4, 0.5) is 9.18 Å². The predicted octanol–water partition coefficient (Wildman–Crippen LogP) is 1.77. The minimum atomic E-state index is -0.342. The van der Waals surface area contributed by atoms with Crippen LogP contribution in [-0.2, 0) is 6.54 Å². The molecule has 0 spiro atoms. The number of benzene rings is 1. The van der Waals surface area contributed by atoms with Gasteiger partial charge in [-0.1, -0.05) is 12.1 Å². The minimum Gasteiger partial charge on any atom is -0.348 e. The number of nitrogens with zero attached hydrogens (tertiary/aromatic N) is 6. The highest BCUT2D eigenvalue weighted by molar-refractivity contribution is 5.94. The SMILES string of the molecule is CN(C)C(=O)N1CCN(C)[C@H](c2nnc3ccc(C(=O)NCc4cccc(F)c4)cn23)C1. The number of carbonyl (C=O) groups is 2. The maximum atomic E-state index is 13.4. The van der Waals surface area contributed by atoms with Gasteiger partial charge in [0, 0.05) is 46.5 Å².